The van der Waals surface area contributed by atoms with Gasteiger partial charge >= 0.3 is 0 Å². The van der Waals surface area contributed by atoms with Crippen LogP contribution in [0.25, 0.3) is 0 Å². The second-order valence-electron chi connectivity index (χ2n) is 6.08. The van der Waals surface area contributed by atoms with Gasteiger partial charge in [-0.15, -0.1) is 0 Å². The Bertz CT molecular complexity index is 605. The van der Waals surface area contributed by atoms with E-state index in [0.29, 0.717) is 26.2 Å². The van der Waals surface area contributed by atoms with Crippen LogP contribution in [0, 0.1) is 0 Å². The average Bonchev–Trinajstić information content (AvgIpc) is 2.67. The number of carbonyl (C=O) groups excluding carboxylic acids is 1. The summed E-state index contributed by atoms with van der Waals surface area (Å²) in [4.78, 5) is 14.6. The summed E-state index contributed by atoms with van der Waals surface area (Å²) < 4.78 is 5.37. The first-order valence-electron chi connectivity index (χ1n) is 8.37. The van der Waals surface area contributed by atoms with Gasteiger partial charge in [-0.3, -0.25) is 4.79 Å². The lowest BCUT2D eigenvalue weighted by molar-refractivity contribution is -0.141. The van der Waals surface area contributed by atoms with Gasteiger partial charge in [-0.2, -0.15) is 0 Å². The second kappa shape index (κ2) is 8.08. The Balaban J connectivity index is 1.83. The molecule has 1 aliphatic rings. The van der Waals surface area contributed by atoms with Crippen molar-refractivity contribution in [3.05, 3.63) is 71.8 Å². The van der Waals surface area contributed by atoms with E-state index in [2.05, 4.69) is 24.3 Å². The average molecular weight is 325 g/mol. The first kappa shape index (κ1) is 16.7. The summed E-state index contributed by atoms with van der Waals surface area (Å²) in [5, 5.41) is 9.50. The standard InChI is InChI=1S/C20H23NO3/c22-14-18-15-24-12-11-21(18)20(23)13-19(16-7-3-1-4-8-16)17-9-5-2-6-10-17/h1-10,18-19,22H,11-15H2. The number of hydrogen-bond acceptors (Lipinski definition) is 3. The Labute approximate surface area is 142 Å². The van der Waals surface area contributed by atoms with Gasteiger partial charge in [0.2, 0.25) is 5.91 Å². The number of aliphatic hydroxyl groups is 1. The van der Waals surface area contributed by atoms with Crippen LogP contribution in [0.15, 0.2) is 60.7 Å². The first-order chi connectivity index (χ1) is 11.8. The molecule has 1 aliphatic heterocycles. The highest BCUT2D eigenvalue weighted by Crippen LogP contribution is 2.29. The summed E-state index contributed by atoms with van der Waals surface area (Å²) in [6, 6.07) is 20.0. The quantitative estimate of drug-likeness (QED) is 0.918. The summed E-state index contributed by atoms with van der Waals surface area (Å²) >= 11 is 0. The van der Waals surface area contributed by atoms with Crippen LogP contribution in [-0.2, 0) is 9.53 Å². The number of benzene rings is 2. The van der Waals surface area contributed by atoms with Crippen LogP contribution in [0.1, 0.15) is 23.5 Å². The molecule has 4 heteroatoms. The van der Waals surface area contributed by atoms with Crippen LogP contribution in [0.4, 0.5) is 0 Å². The number of amides is 1. The Morgan fingerprint density at radius 3 is 2.21 bits per heavy atom. The number of aliphatic hydroxyl groups excluding tert-OH is 1. The highest BCUT2D eigenvalue weighted by molar-refractivity contribution is 5.78. The molecule has 2 aromatic carbocycles. The van der Waals surface area contributed by atoms with E-state index in [9.17, 15) is 9.90 Å². The van der Waals surface area contributed by atoms with Crippen molar-refractivity contribution < 1.29 is 14.6 Å². The number of rotatable bonds is 5. The highest BCUT2D eigenvalue weighted by Gasteiger charge is 2.29. The van der Waals surface area contributed by atoms with Gasteiger partial charge in [0.05, 0.1) is 25.9 Å². The van der Waals surface area contributed by atoms with E-state index in [-0.39, 0.29) is 24.5 Å². The zero-order valence-corrected chi connectivity index (χ0v) is 13.7. The molecule has 0 saturated carbocycles. The topological polar surface area (TPSA) is 49.8 Å². The molecule has 0 aromatic heterocycles. The Kier molecular flexibility index (Phi) is 5.62. The second-order valence-corrected chi connectivity index (χ2v) is 6.08. The van der Waals surface area contributed by atoms with E-state index in [1.165, 1.54) is 0 Å². The molecular weight excluding hydrogens is 302 g/mol. The predicted octanol–water partition coefficient (Wildman–Crippen LogP) is 2.43. The lowest BCUT2D eigenvalue weighted by Gasteiger charge is -2.35. The number of morpholine rings is 1. The fraction of sp³-hybridized carbons (Fsp3) is 0.350. The van der Waals surface area contributed by atoms with Gasteiger partial charge in [0.1, 0.15) is 0 Å². The van der Waals surface area contributed by atoms with Gasteiger partial charge in [-0.05, 0) is 11.1 Å². The molecule has 1 fully saturated rings. The van der Waals surface area contributed by atoms with E-state index in [1.54, 1.807) is 4.90 Å². The summed E-state index contributed by atoms with van der Waals surface area (Å²) in [6.07, 6.45) is 0.393. The number of nitrogens with zero attached hydrogens (tertiary/aromatic N) is 1. The molecule has 4 nitrogen and oxygen atoms in total. The fourth-order valence-electron chi connectivity index (χ4n) is 3.23. The predicted molar refractivity (Wildman–Crippen MR) is 92.7 cm³/mol. The van der Waals surface area contributed by atoms with Gasteiger partial charge < -0.3 is 14.7 Å². The van der Waals surface area contributed by atoms with Crippen molar-refractivity contribution in [1.29, 1.82) is 0 Å². The van der Waals surface area contributed by atoms with E-state index in [1.807, 2.05) is 36.4 Å². The SMILES string of the molecule is O=C(CC(c1ccccc1)c1ccccc1)N1CCOCC1CO. The molecule has 24 heavy (non-hydrogen) atoms. The maximum absolute atomic E-state index is 12.9. The van der Waals surface area contributed by atoms with E-state index < -0.39 is 0 Å². The maximum atomic E-state index is 12.9. The number of hydrogen-bond donors (Lipinski definition) is 1. The minimum atomic E-state index is -0.238. The third-order valence-electron chi connectivity index (χ3n) is 4.54. The summed E-state index contributed by atoms with van der Waals surface area (Å²) in [6.45, 7) is 1.42. The van der Waals surface area contributed by atoms with Gasteiger partial charge in [-0.1, -0.05) is 60.7 Å². The summed E-state index contributed by atoms with van der Waals surface area (Å²) in [5.74, 6) is 0.0807. The molecule has 126 valence electrons. The molecule has 1 atom stereocenters. The molecule has 1 N–H and O–H groups in total. The normalized spacial score (nSPS) is 17.9. The largest absolute Gasteiger partial charge is 0.394 e. The van der Waals surface area contributed by atoms with Crippen LogP contribution in [0.5, 0.6) is 0 Å². The number of carbonyl (C=O) groups is 1. The maximum Gasteiger partial charge on any atom is 0.224 e. The molecule has 2 aromatic rings. The van der Waals surface area contributed by atoms with Gasteiger partial charge in [0.15, 0.2) is 0 Å². The van der Waals surface area contributed by atoms with Crippen molar-refractivity contribution in [3.8, 4) is 0 Å². The molecular formula is C20H23NO3. The van der Waals surface area contributed by atoms with Gasteiger partial charge in [0, 0.05) is 18.9 Å². The van der Waals surface area contributed by atoms with Crippen molar-refractivity contribution in [1.82, 2.24) is 4.90 Å². The summed E-state index contributed by atoms with van der Waals surface area (Å²) in [7, 11) is 0. The zero-order valence-electron chi connectivity index (χ0n) is 13.7. The molecule has 1 amide bonds. The monoisotopic (exact) mass is 325 g/mol. The minimum Gasteiger partial charge on any atom is -0.394 e. The smallest absolute Gasteiger partial charge is 0.224 e. The third kappa shape index (κ3) is 3.83. The van der Waals surface area contributed by atoms with Crippen LogP contribution >= 0.6 is 0 Å². The molecule has 3 rings (SSSR count). The van der Waals surface area contributed by atoms with Crippen LogP contribution < -0.4 is 0 Å². The van der Waals surface area contributed by atoms with Gasteiger partial charge in [0.25, 0.3) is 0 Å². The third-order valence-corrected chi connectivity index (χ3v) is 4.54. The lowest BCUT2D eigenvalue weighted by atomic mass is 9.88. The van der Waals surface area contributed by atoms with Crippen LogP contribution in [0.3, 0.4) is 0 Å². The molecule has 1 saturated heterocycles. The van der Waals surface area contributed by atoms with Crippen LogP contribution in [-0.4, -0.2) is 48.3 Å². The minimum absolute atomic E-state index is 0.0158. The Hall–Kier alpha value is -2.17. The Morgan fingerprint density at radius 2 is 1.67 bits per heavy atom. The summed E-state index contributed by atoms with van der Waals surface area (Å²) in [5.41, 5.74) is 2.26. The molecule has 0 aliphatic carbocycles. The van der Waals surface area contributed by atoms with Crippen molar-refractivity contribution >= 4 is 5.91 Å². The van der Waals surface area contributed by atoms with Crippen LogP contribution in [0.2, 0.25) is 0 Å². The van der Waals surface area contributed by atoms with Crippen molar-refractivity contribution in [2.24, 2.45) is 0 Å². The van der Waals surface area contributed by atoms with Crippen molar-refractivity contribution in [3.63, 3.8) is 0 Å². The molecule has 0 radical (unpaired) electrons. The van der Waals surface area contributed by atoms with Crippen molar-refractivity contribution in [2.45, 2.75) is 18.4 Å². The molecule has 0 spiro atoms. The molecule has 1 unspecified atom stereocenters. The Morgan fingerprint density at radius 1 is 1.08 bits per heavy atom. The number of ether oxygens (including phenoxy) is 1. The first-order valence-corrected chi connectivity index (χ1v) is 8.37. The highest BCUT2D eigenvalue weighted by atomic mass is 16.5. The van der Waals surface area contributed by atoms with E-state index in [4.69, 9.17) is 4.74 Å². The van der Waals surface area contributed by atoms with Gasteiger partial charge in [-0.25, -0.2) is 0 Å². The van der Waals surface area contributed by atoms with Crippen molar-refractivity contribution in [2.75, 3.05) is 26.4 Å². The fourth-order valence-corrected chi connectivity index (χ4v) is 3.23. The molecule has 0 bridgehead atoms. The van der Waals surface area contributed by atoms with E-state index >= 15 is 0 Å². The zero-order chi connectivity index (χ0) is 16.8. The molecule has 1 heterocycles. The van der Waals surface area contributed by atoms with E-state index in [0.717, 1.165) is 11.1 Å². The lowest BCUT2D eigenvalue weighted by Crippen LogP contribution is -2.50.